The van der Waals surface area contributed by atoms with Crippen molar-refractivity contribution in [2.24, 2.45) is 0 Å². The Hall–Kier alpha value is -1.10. The first kappa shape index (κ1) is 14.0. The lowest BCUT2D eigenvalue weighted by molar-refractivity contribution is 0.447. The van der Waals surface area contributed by atoms with Crippen molar-refractivity contribution in [2.45, 2.75) is 46.3 Å². The van der Waals surface area contributed by atoms with E-state index in [-0.39, 0.29) is 0 Å². The molecule has 0 radical (unpaired) electrons. The summed E-state index contributed by atoms with van der Waals surface area (Å²) in [5.74, 6) is 0. The molecule has 0 aliphatic heterocycles. The first-order valence-corrected chi connectivity index (χ1v) is 6.51. The highest BCUT2D eigenvalue weighted by molar-refractivity contribution is 7.80. The second-order valence-corrected chi connectivity index (χ2v) is 4.64. The van der Waals surface area contributed by atoms with E-state index in [9.17, 15) is 0 Å². The first-order valence-electron chi connectivity index (χ1n) is 6.10. The molecule has 0 bridgehead atoms. The van der Waals surface area contributed by atoms with E-state index in [0.29, 0.717) is 6.04 Å². The fraction of sp³-hybridized carbons (Fsp3) is 0.667. The Morgan fingerprint density at radius 2 is 2.29 bits per heavy atom. The number of rotatable bonds is 5. The van der Waals surface area contributed by atoms with E-state index in [0.717, 1.165) is 24.6 Å². The standard InChI is InChI=1S/C12H22N4S/c1-5-10(3)14-12(17)15(4)9-11-7-8-13-16(11)6-2/h7-8,10H,5-6,9H2,1-4H3,(H,14,17). The molecule has 0 saturated heterocycles. The van der Waals surface area contributed by atoms with Gasteiger partial charge in [-0.25, -0.2) is 0 Å². The van der Waals surface area contributed by atoms with Crippen molar-refractivity contribution in [1.82, 2.24) is 20.0 Å². The summed E-state index contributed by atoms with van der Waals surface area (Å²) < 4.78 is 1.99. The smallest absolute Gasteiger partial charge is 0.169 e. The summed E-state index contributed by atoms with van der Waals surface area (Å²) in [6, 6.07) is 2.45. The van der Waals surface area contributed by atoms with Crippen LogP contribution in [0.3, 0.4) is 0 Å². The van der Waals surface area contributed by atoms with Crippen LogP contribution in [0, 0.1) is 0 Å². The quantitative estimate of drug-likeness (QED) is 0.815. The Labute approximate surface area is 109 Å². The summed E-state index contributed by atoms with van der Waals surface area (Å²) in [6.45, 7) is 8.05. The Bertz CT molecular complexity index is 361. The molecule has 0 aliphatic rings. The average Bonchev–Trinajstić information content (AvgIpc) is 2.75. The minimum atomic E-state index is 0.418. The molecule has 17 heavy (non-hydrogen) atoms. The summed E-state index contributed by atoms with van der Waals surface area (Å²) in [5, 5.41) is 8.35. The largest absolute Gasteiger partial charge is 0.360 e. The van der Waals surface area contributed by atoms with E-state index in [1.165, 1.54) is 5.69 Å². The minimum absolute atomic E-state index is 0.418. The third-order valence-electron chi connectivity index (χ3n) is 2.83. The van der Waals surface area contributed by atoms with Crippen LogP contribution in [0.4, 0.5) is 0 Å². The Kier molecular flexibility index (Phi) is 5.41. The number of nitrogens with zero attached hydrogens (tertiary/aromatic N) is 3. The summed E-state index contributed by atoms with van der Waals surface area (Å²) in [6.07, 6.45) is 2.90. The molecule has 5 heteroatoms. The predicted octanol–water partition coefficient (Wildman–Crippen LogP) is 2.01. The van der Waals surface area contributed by atoms with Crippen LogP contribution in [-0.4, -0.2) is 32.9 Å². The molecular formula is C12H22N4S. The molecule has 0 amide bonds. The summed E-state index contributed by atoms with van der Waals surface area (Å²) in [5.41, 5.74) is 1.18. The molecule has 0 fully saturated rings. The number of hydrogen-bond donors (Lipinski definition) is 1. The van der Waals surface area contributed by atoms with Gasteiger partial charge in [-0.15, -0.1) is 0 Å². The van der Waals surface area contributed by atoms with Crippen LogP contribution in [-0.2, 0) is 13.1 Å². The molecule has 1 aromatic heterocycles. The molecule has 1 atom stereocenters. The molecule has 1 aromatic rings. The fourth-order valence-corrected chi connectivity index (χ4v) is 1.78. The van der Waals surface area contributed by atoms with Crippen molar-refractivity contribution in [3.8, 4) is 0 Å². The van der Waals surface area contributed by atoms with E-state index in [1.807, 2.05) is 28.9 Å². The zero-order valence-corrected chi connectivity index (χ0v) is 11.9. The number of thiocarbonyl (C=S) groups is 1. The minimum Gasteiger partial charge on any atom is -0.360 e. The van der Waals surface area contributed by atoms with Gasteiger partial charge in [0, 0.05) is 25.8 Å². The highest BCUT2D eigenvalue weighted by Gasteiger charge is 2.09. The van der Waals surface area contributed by atoms with Crippen molar-refractivity contribution in [3.63, 3.8) is 0 Å². The summed E-state index contributed by atoms with van der Waals surface area (Å²) >= 11 is 5.36. The van der Waals surface area contributed by atoms with E-state index < -0.39 is 0 Å². The SMILES string of the molecule is CCC(C)NC(=S)N(C)Cc1ccnn1CC. The van der Waals surface area contributed by atoms with Crippen molar-refractivity contribution in [2.75, 3.05) is 7.05 Å². The topological polar surface area (TPSA) is 33.1 Å². The molecular weight excluding hydrogens is 232 g/mol. The zero-order valence-electron chi connectivity index (χ0n) is 11.1. The van der Waals surface area contributed by atoms with Gasteiger partial charge in [0.05, 0.1) is 12.2 Å². The normalized spacial score (nSPS) is 12.2. The van der Waals surface area contributed by atoms with Crippen molar-refractivity contribution >= 4 is 17.3 Å². The predicted molar refractivity (Wildman–Crippen MR) is 74.9 cm³/mol. The molecule has 1 N–H and O–H groups in total. The van der Waals surface area contributed by atoms with Crippen molar-refractivity contribution in [1.29, 1.82) is 0 Å². The zero-order chi connectivity index (χ0) is 12.8. The summed E-state index contributed by atoms with van der Waals surface area (Å²) in [4.78, 5) is 2.05. The van der Waals surface area contributed by atoms with Gasteiger partial charge < -0.3 is 10.2 Å². The third-order valence-corrected chi connectivity index (χ3v) is 3.26. The number of aromatic nitrogens is 2. The molecule has 1 heterocycles. The highest BCUT2D eigenvalue weighted by atomic mass is 32.1. The van der Waals surface area contributed by atoms with Crippen LogP contribution >= 0.6 is 12.2 Å². The van der Waals surface area contributed by atoms with Gasteiger partial charge in [-0.1, -0.05) is 6.92 Å². The lowest BCUT2D eigenvalue weighted by Crippen LogP contribution is -2.41. The Morgan fingerprint density at radius 3 is 2.88 bits per heavy atom. The Morgan fingerprint density at radius 1 is 1.59 bits per heavy atom. The molecule has 0 aromatic carbocycles. The van der Waals surface area contributed by atoms with Crippen LogP contribution < -0.4 is 5.32 Å². The second kappa shape index (κ2) is 6.59. The summed E-state index contributed by atoms with van der Waals surface area (Å²) in [7, 11) is 2.00. The lowest BCUT2D eigenvalue weighted by Gasteiger charge is -2.23. The van der Waals surface area contributed by atoms with Gasteiger partial charge in [0.25, 0.3) is 0 Å². The maximum absolute atomic E-state index is 5.36. The lowest BCUT2D eigenvalue weighted by atomic mass is 10.3. The number of nitrogens with one attached hydrogen (secondary N) is 1. The fourth-order valence-electron chi connectivity index (χ4n) is 1.52. The van der Waals surface area contributed by atoms with Crippen LogP contribution in [0.1, 0.15) is 32.9 Å². The van der Waals surface area contributed by atoms with E-state index >= 15 is 0 Å². The number of aryl methyl sites for hydroxylation is 1. The van der Waals surface area contributed by atoms with Crippen LogP contribution in [0.2, 0.25) is 0 Å². The molecule has 96 valence electrons. The molecule has 0 aliphatic carbocycles. The van der Waals surface area contributed by atoms with E-state index in [1.54, 1.807) is 0 Å². The third kappa shape index (κ3) is 4.00. The average molecular weight is 254 g/mol. The van der Waals surface area contributed by atoms with Crippen LogP contribution in [0.15, 0.2) is 12.3 Å². The maximum atomic E-state index is 5.36. The van der Waals surface area contributed by atoms with Gasteiger partial charge in [0.1, 0.15) is 0 Å². The van der Waals surface area contributed by atoms with Crippen molar-refractivity contribution < 1.29 is 0 Å². The van der Waals surface area contributed by atoms with Gasteiger partial charge in [-0.05, 0) is 38.6 Å². The molecule has 1 rings (SSSR count). The van der Waals surface area contributed by atoms with Gasteiger partial charge in [0.15, 0.2) is 5.11 Å². The van der Waals surface area contributed by atoms with Gasteiger partial charge in [-0.3, -0.25) is 4.68 Å². The molecule has 0 saturated carbocycles. The van der Waals surface area contributed by atoms with Gasteiger partial charge in [-0.2, -0.15) is 5.10 Å². The monoisotopic (exact) mass is 254 g/mol. The first-order chi connectivity index (χ1) is 8.08. The maximum Gasteiger partial charge on any atom is 0.169 e. The van der Waals surface area contributed by atoms with Gasteiger partial charge in [0.2, 0.25) is 0 Å². The van der Waals surface area contributed by atoms with Crippen LogP contribution in [0.25, 0.3) is 0 Å². The van der Waals surface area contributed by atoms with Crippen molar-refractivity contribution in [3.05, 3.63) is 18.0 Å². The van der Waals surface area contributed by atoms with E-state index in [4.69, 9.17) is 12.2 Å². The van der Waals surface area contributed by atoms with Gasteiger partial charge >= 0.3 is 0 Å². The van der Waals surface area contributed by atoms with E-state index in [2.05, 4.69) is 31.2 Å². The Balaban J connectivity index is 2.54. The second-order valence-electron chi connectivity index (χ2n) is 4.25. The molecule has 0 spiro atoms. The highest BCUT2D eigenvalue weighted by Crippen LogP contribution is 2.03. The number of hydrogen-bond acceptors (Lipinski definition) is 2. The van der Waals surface area contributed by atoms with Crippen LogP contribution in [0.5, 0.6) is 0 Å². The molecule has 1 unspecified atom stereocenters. The molecule has 4 nitrogen and oxygen atoms in total.